The third-order valence-electron chi connectivity index (χ3n) is 2.35. The average molecular weight is 197 g/mol. The van der Waals surface area contributed by atoms with Crippen molar-refractivity contribution < 1.29 is 9.15 Å². The molecular weight excluding hydrogens is 178 g/mol. The van der Waals surface area contributed by atoms with E-state index in [4.69, 9.17) is 14.9 Å². The summed E-state index contributed by atoms with van der Waals surface area (Å²) in [7, 11) is 0. The van der Waals surface area contributed by atoms with Crippen LogP contribution in [-0.2, 0) is 17.9 Å². The van der Waals surface area contributed by atoms with Gasteiger partial charge in [-0.25, -0.2) is 0 Å². The Hall–Kier alpha value is -0.800. The Morgan fingerprint density at radius 1 is 1.29 bits per heavy atom. The maximum absolute atomic E-state index is 5.61. The Morgan fingerprint density at radius 3 is 2.43 bits per heavy atom. The second-order valence-corrected chi connectivity index (χ2v) is 3.83. The van der Waals surface area contributed by atoms with Gasteiger partial charge in [0.25, 0.3) is 0 Å². The first-order valence-corrected chi connectivity index (χ1v) is 5.02. The van der Waals surface area contributed by atoms with Crippen LogP contribution in [0.1, 0.15) is 32.3 Å². The van der Waals surface area contributed by atoms with Crippen molar-refractivity contribution in [1.82, 2.24) is 0 Å². The van der Waals surface area contributed by atoms with Gasteiger partial charge in [-0.15, -0.1) is 0 Å². The molecule has 0 aliphatic carbocycles. The fourth-order valence-electron chi connectivity index (χ4n) is 1.02. The lowest BCUT2D eigenvalue weighted by Gasteiger charge is -2.15. The van der Waals surface area contributed by atoms with E-state index in [0.29, 0.717) is 19.1 Å². The van der Waals surface area contributed by atoms with Crippen LogP contribution in [-0.4, -0.2) is 6.10 Å². The van der Waals surface area contributed by atoms with E-state index in [9.17, 15) is 0 Å². The van der Waals surface area contributed by atoms with Crippen molar-refractivity contribution in [2.45, 2.75) is 40.0 Å². The molecule has 0 amide bonds. The quantitative estimate of drug-likeness (QED) is 0.788. The van der Waals surface area contributed by atoms with Gasteiger partial charge in [-0.3, -0.25) is 0 Å². The van der Waals surface area contributed by atoms with E-state index in [-0.39, 0.29) is 6.10 Å². The SMILES string of the molecule is CC(C)C(C)OCc1ccc(CN)o1. The highest BCUT2D eigenvalue weighted by Gasteiger charge is 2.08. The minimum atomic E-state index is 0.251. The van der Waals surface area contributed by atoms with Crippen molar-refractivity contribution in [3.8, 4) is 0 Å². The van der Waals surface area contributed by atoms with Gasteiger partial charge < -0.3 is 14.9 Å². The zero-order chi connectivity index (χ0) is 10.6. The van der Waals surface area contributed by atoms with Crippen LogP contribution in [0.5, 0.6) is 0 Å². The number of rotatable bonds is 5. The maximum Gasteiger partial charge on any atom is 0.129 e. The molecule has 3 nitrogen and oxygen atoms in total. The summed E-state index contributed by atoms with van der Waals surface area (Å²) in [5.41, 5.74) is 5.43. The first-order valence-electron chi connectivity index (χ1n) is 5.02. The fourth-order valence-corrected chi connectivity index (χ4v) is 1.02. The molecule has 0 saturated carbocycles. The highest BCUT2D eigenvalue weighted by molar-refractivity contribution is 5.05. The number of hydrogen-bond acceptors (Lipinski definition) is 3. The molecule has 1 unspecified atom stereocenters. The first kappa shape index (κ1) is 11.3. The zero-order valence-electron chi connectivity index (χ0n) is 9.12. The summed E-state index contributed by atoms with van der Waals surface area (Å²) in [4.78, 5) is 0. The van der Waals surface area contributed by atoms with Crippen molar-refractivity contribution >= 4 is 0 Å². The molecule has 1 aromatic rings. The van der Waals surface area contributed by atoms with E-state index >= 15 is 0 Å². The van der Waals surface area contributed by atoms with Gasteiger partial charge in [0.1, 0.15) is 18.1 Å². The van der Waals surface area contributed by atoms with Gasteiger partial charge in [0.2, 0.25) is 0 Å². The van der Waals surface area contributed by atoms with Crippen LogP contribution in [0.3, 0.4) is 0 Å². The van der Waals surface area contributed by atoms with E-state index in [2.05, 4.69) is 20.8 Å². The lowest BCUT2D eigenvalue weighted by Crippen LogP contribution is -2.14. The van der Waals surface area contributed by atoms with Gasteiger partial charge in [0.15, 0.2) is 0 Å². The molecular formula is C11H19NO2. The summed E-state index contributed by atoms with van der Waals surface area (Å²) in [5.74, 6) is 2.18. The van der Waals surface area contributed by atoms with Gasteiger partial charge in [0, 0.05) is 0 Å². The molecule has 0 aliphatic heterocycles. The smallest absolute Gasteiger partial charge is 0.129 e. The van der Waals surface area contributed by atoms with E-state index in [1.165, 1.54) is 0 Å². The topological polar surface area (TPSA) is 48.4 Å². The van der Waals surface area contributed by atoms with Crippen molar-refractivity contribution in [2.24, 2.45) is 11.7 Å². The molecule has 3 heteroatoms. The van der Waals surface area contributed by atoms with E-state index in [1.807, 2.05) is 12.1 Å². The van der Waals surface area contributed by atoms with Gasteiger partial charge in [-0.05, 0) is 25.0 Å². The summed E-state index contributed by atoms with van der Waals surface area (Å²) in [6, 6.07) is 3.80. The van der Waals surface area contributed by atoms with Crippen LogP contribution in [0.25, 0.3) is 0 Å². The van der Waals surface area contributed by atoms with Gasteiger partial charge in [-0.2, -0.15) is 0 Å². The van der Waals surface area contributed by atoms with Crippen molar-refractivity contribution in [2.75, 3.05) is 0 Å². The molecule has 1 heterocycles. The van der Waals surface area contributed by atoms with Crippen LogP contribution in [0, 0.1) is 5.92 Å². The Morgan fingerprint density at radius 2 is 1.93 bits per heavy atom. The largest absolute Gasteiger partial charge is 0.462 e. The summed E-state index contributed by atoms with van der Waals surface area (Å²) >= 11 is 0. The van der Waals surface area contributed by atoms with E-state index in [1.54, 1.807) is 0 Å². The number of nitrogens with two attached hydrogens (primary N) is 1. The monoisotopic (exact) mass is 197 g/mol. The van der Waals surface area contributed by atoms with E-state index < -0.39 is 0 Å². The van der Waals surface area contributed by atoms with Crippen LogP contribution < -0.4 is 5.73 Å². The highest BCUT2D eigenvalue weighted by Crippen LogP contribution is 2.12. The Kier molecular flexibility index (Phi) is 4.17. The molecule has 0 bridgehead atoms. The third kappa shape index (κ3) is 3.16. The summed E-state index contributed by atoms with van der Waals surface area (Å²) in [5, 5.41) is 0. The number of furan rings is 1. The van der Waals surface area contributed by atoms with E-state index in [0.717, 1.165) is 11.5 Å². The lowest BCUT2D eigenvalue weighted by molar-refractivity contribution is 0.0145. The number of hydrogen-bond donors (Lipinski definition) is 1. The fraction of sp³-hybridized carbons (Fsp3) is 0.636. The second kappa shape index (κ2) is 5.17. The van der Waals surface area contributed by atoms with Crippen LogP contribution in [0.2, 0.25) is 0 Å². The Bertz CT molecular complexity index is 268. The first-order chi connectivity index (χ1) is 6.63. The molecule has 1 aromatic heterocycles. The van der Waals surface area contributed by atoms with Crippen LogP contribution >= 0.6 is 0 Å². The maximum atomic E-state index is 5.61. The minimum Gasteiger partial charge on any atom is -0.462 e. The molecule has 2 N–H and O–H groups in total. The normalized spacial score (nSPS) is 13.5. The molecule has 0 spiro atoms. The molecule has 0 aliphatic rings. The van der Waals surface area contributed by atoms with Crippen LogP contribution in [0.4, 0.5) is 0 Å². The summed E-state index contributed by atoms with van der Waals surface area (Å²) < 4.78 is 11.0. The molecule has 14 heavy (non-hydrogen) atoms. The predicted molar refractivity (Wildman–Crippen MR) is 55.7 cm³/mol. The molecule has 0 fully saturated rings. The van der Waals surface area contributed by atoms with Gasteiger partial charge in [-0.1, -0.05) is 13.8 Å². The van der Waals surface area contributed by atoms with Gasteiger partial charge >= 0.3 is 0 Å². The number of ether oxygens (including phenoxy) is 1. The molecule has 0 aromatic carbocycles. The minimum absolute atomic E-state index is 0.251. The Labute approximate surface area is 85.2 Å². The Balaban J connectivity index is 2.37. The summed E-state index contributed by atoms with van der Waals surface area (Å²) in [6.45, 7) is 7.31. The molecule has 1 atom stereocenters. The molecule has 1 rings (SSSR count). The van der Waals surface area contributed by atoms with Gasteiger partial charge in [0.05, 0.1) is 12.6 Å². The standard InChI is InChI=1S/C11H19NO2/c1-8(2)9(3)13-7-11-5-4-10(6-12)14-11/h4-5,8-9H,6-7,12H2,1-3H3. The second-order valence-electron chi connectivity index (χ2n) is 3.83. The predicted octanol–water partition coefficient (Wildman–Crippen LogP) is 2.30. The highest BCUT2D eigenvalue weighted by atomic mass is 16.5. The third-order valence-corrected chi connectivity index (χ3v) is 2.35. The van der Waals surface area contributed by atoms with Crippen molar-refractivity contribution in [3.63, 3.8) is 0 Å². The molecule has 80 valence electrons. The van der Waals surface area contributed by atoms with Crippen molar-refractivity contribution in [1.29, 1.82) is 0 Å². The molecule has 0 radical (unpaired) electrons. The van der Waals surface area contributed by atoms with Crippen molar-refractivity contribution in [3.05, 3.63) is 23.7 Å². The summed E-state index contributed by atoms with van der Waals surface area (Å²) in [6.07, 6.45) is 0.251. The zero-order valence-corrected chi connectivity index (χ0v) is 9.12. The lowest BCUT2D eigenvalue weighted by atomic mass is 10.1. The molecule has 0 saturated heterocycles. The average Bonchev–Trinajstić information content (AvgIpc) is 2.61. The van der Waals surface area contributed by atoms with Crippen LogP contribution in [0.15, 0.2) is 16.5 Å².